The van der Waals surface area contributed by atoms with Crippen LogP contribution in [-0.4, -0.2) is 34.4 Å². The van der Waals surface area contributed by atoms with Crippen molar-refractivity contribution in [2.24, 2.45) is 10.7 Å². The molecule has 1 aromatic rings. The molecule has 0 unspecified atom stereocenters. The number of rotatable bonds is 2. The van der Waals surface area contributed by atoms with Crippen molar-refractivity contribution in [3.63, 3.8) is 0 Å². The number of fused-ring (bicyclic) bond motifs is 1. The topological polar surface area (TPSA) is 114 Å². The fraction of sp³-hybridized carbons (Fsp3) is 0.250. The monoisotopic (exact) mass is 293 g/mol. The quantitative estimate of drug-likeness (QED) is 0.695. The minimum Gasteiger partial charge on any atom is -0.497 e. The predicted molar refractivity (Wildman–Crippen MR) is 73.5 cm³/mol. The van der Waals surface area contributed by atoms with Gasteiger partial charge in [0.15, 0.2) is 10.8 Å². The number of thioether (sulfide) groups is 1. The standard InChI is InChI=1S/C12H11N3O4S/c1-19-5-2-3-7-6(4-5)12(18,10(17)14-7)8-9(16)15-11(13)20-8/h2-4,8,18H,1H3,(H,14,17)(H2,13,15,16)/t8-,12-/m1/s1. The number of methoxy groups -OCH3 is 1. The van der Waals surface area contributed by atoms with Gasteiger partial charge in [0.25, 0.3) is 11.8 Å². The fourth-order valence-corrected chi connectivity index (χ4v) is 3.25. The molecule has 0 bridgehead atoms. The summed E-state index contributed by atoms with van der Waals surface area (Å²) < 4.78 is 5.08. The second kappa shape index (κ2) is 4.22. The molecule has 2 atom stereocenters. The maximum atomic E-state index is 12.1. The second-order valence-corrected chi connectivity index (χ2v) is 5.54. The van der Waals surface area contributed by atoms with Crippen LogP contribution in [0.15, 0.2) is 23.2 Å². The Morgan fingerprint density at radius 3 is 2.85 bits per heavy atom. The summed E-state index contributed by atoms with van der Waals surface area (Å²) in [5.41, 5.74) is 4.22. The van der Waals surface area contributed by atoms with E-state index < -0.39 is 22.7 Å². The van der Waals surface area contributed by atoms with E-state index >= 15 is 0 Å². The van der Waals surface area contributed by atoms with Crippen LogP contribution in [0, 0.1) is 0 Å². The van der Waals surface area contributed by atoms with Gasteiger partial charge in [0.2, 0.25) is 0 Å². The Morgan fingerprint density at radius 1 is 1.50 bits per heavy atom. The predicted octanol–water partition coefficient (Wildman–Crippen LogP) is -0.208. The molecular formula is C12H11N3O4S. The third-order valence-corrected chi connectivity index (χ3v) is 4.41. The normalized spacial score (nSPS) is 28.1. The number of hydrogen-bond acceptors (Lipinski definition) is 6. The molecule has 0 saturated heterocycles. The van der Waals surface area contributed by atoms with Crippen molar-refractivity contribution >= 4 is 34.4 Å². The van der Waals surface area contributed by atoms with Crippen LogP contribution < -0.4 is 15.8 Å². The summed E-state index contributed by atoms with van der Waals surface area (Å²) in [6.45, 7) is 0. The summed E-state index contributed by atoms with van der Waals surface area (Å²) in [5.74, 6) is -0.819. The van der Waals surface area contributed by atoms with Crippen molar-refractivity contribution in [3.05, 3.63) is 23.8 Å². The van der Waals surface area contributed by atoms with Crippen molar-refractivity contribution in [1.29, 1.82) is 0 Å². The highest BCUT2D eigenvalue weighted by Gasteiger charge is 2.56. The lowest BCUT2D eigenvalue weighted by molar-refractivity contribution is -0.138. The van der Waals surface area contributed by atoms with Crippen LogP contribution in [0.25, 0.3) is 0 Å². The van der Waals surface area contributed by atoms with Crippen LogP contribution in [-0.2, 0) is 15.2 Å². The highest BCUT2D eigenvalue weighted by molar-refractivity contribution is 8.15. The molecule has 1 aromatic carbocycles. The largest absolute Gasteiger partial charge is 0.497 e. The summed E-state index contributed by atoms with van der Waals surface area (Å²) >= 11 is 0.877. The van der Waals surface area contributed by atoms with E-state index in [9.17, 15) is 14.7 Å². The summed E-state index contributed by atoms with van der Waals surface area (Å²) in [6.07, 6.45) is 0. The summed E-state index contributed by atoms with van der Waals surface area (Å²) in [5, 5.41) is 12.3. The molecule has 20 heavy (non-hydrogen) atoms. The molecule has 2 aliphatic heterocycles. The van der Waals surface area contributed by atoms with Gasteiger partial charge < -0.3 is 20.9 Å². The average molecular weight is 293 g/mol. The molecule has 0 fully saturated rings. The van der Waals surface area contributed by atoms with Gasteiger partial charge >= 0.3 is 0 Å². The Morgan fingerprint density at radius 2 is 2.25 bits per heavy atom. The van der Waals surface area contributed by atoms with Gasteiger partial charge in [-0.3, -0.25) is 9.59 Å². The zero-order valence-electron chi connectivity index (χ0n) is 10.4. The van der Waals surface area contributed by atoms with E-state index in [4.69, 9.17) is 10.5 Å². The number of nitrogens with zero attached hydrogens (tertiary/aromatic N) is 1. The number of anilines is 1. The van der Waals surface area contributed by atoms with Gasteiger partial charge in [-0.2, -0.15) is 4.99 Å². The number of amides is 2. The fourth-order valence-electron chi connectivity index (χ4n) is 2.30. The Labute approximate surface area is 118 Å². The Balaban J connectivity index is 2.11. The molecule has 4 N–H and O–H groups in total. The van der Waals surface area contributed by atoms with Gasteiger partial charge in [-0.15, -0.1) is 0 Å². The van der Waals surface area contributed by atoms with Gasteiger partial charge in [0, 0.05) is 11.3 Å². The maximum absolute atomic E-state index is 12.1. The van der Waals surface area contributed by atoms with Crippen LogP contribution in [0.2, 0.25) is 0 Å². The number of nitrogens with one attached hydrogen (secondary N) is 1. The SMILES string of the molecule is COc1ccc2c(c1)[C@@](O)([C@@H]1SC(N)=NC1=O)C(=O)N2. The molecule has 8 heteroatoms. The first-order valence-corrected chi connectivity index (χ1v) is 6.61. The van der Waals surface area contributed by atoms with Crippen molar-refractivity contribution in [2.45, 2.75) is 10.9 Å². The summed E-state index contributed by atoms with van der Waals surface area (Å²) in [6, 6.07) is 4.78. The Hall–Kier alpha value is -2.06. The van der Waals surface area contributed by atoms with Crippen molar-refractivity contribution in [3.8, 4) is 5.75 Å². The van der Waals surface area contributed by atoms with Crippen LogP contribution in [0.4, 0.5) is 5.69 Å². The number of benzene rings is 1. The molecule has 2 amide bonds. The lowest BCUT2D eigenvalue weighted by atomic mass is 9.91. The molecule has 7 nitrogen and oxygen atoms in total. The lowest BCUT2D eigenvalue weighted by Gasteiger charge is -2.25. The van der Waals surface area contributed by atoms with Gasteiger partial charge in [-0.25, -0.2) is 0 Å². The molecule has 0 saturated carbocycles. The Bertz CT molecular complexity index is 660. The lowest BCUT2D eigenvalue weighted by Crippen LogP contribution is -2.46. The van der Waals surface area contributed by atoms with Crippen molar-refractivity contribution < 1.29 is 19.4 Å². The molecule has 3 rings (SSSR count). The van der Waals surface area contributed by atoms with E-state index in [1.807, 2.05) is 0 Å². The van der Waals surface area contributed by atoms with Crippen LogP contribution >= 0.6 is 11.8 Å². The van der Waals surface area contributed by atoms with E-state index in [0.717, 1.165) is 11.8 Å². The number of aliphatic hydroxyl groups is 1. The number of carbonyl (C=O) groups is 2. The van der Waals surface area contributed by atoms with Crippen molar-refractivity contribution in [2.75, 3.05) is 12.4 Å². The molecule has 2 heterocycles. The third-order valence-electron chi connectivity index (χ3n) is 3.29. The van der Waals surface area contributed by atoms with E-state index in [1.54, 1.807) is 12.1 Å². The minimum atomic E-state index is -2.00. The average Bonchev–Trinajstić information content (AvgIpc) is 2.88. The summed E-state index contributed by atoms with van der Waals surface area (Å²) in [7, 11) is 1.47. The van der Waals surface area contributed by atoms with Gasteiger partial charge in [0.05, 0.1) is 7.11 Å². The van der Waals surface area contributed by atoms with Crippen LogP contribution in [0.1, 0.15) is 5.56 Å². The third kappa shape index (κ3) is 1.61. The van der Waals surface area contributed by atoms with E-state index in [1.165, 1.54) is 13.2 Å². The first kappa shape index (κ1) is 12.9. The molecule has 0 spiro atoms. The molecule has 2 aliphatic rings. The number of amidine groups is 1. The zero-order valence-corrected chi connectivity index (χ0v) is 11.2. The highest BCUT2D eigenvalue weighted by atomic mass is 32.2. The van der Waals surface area contributed by atoms with E-state index in [0.29, 0.717) is 11.4 Å². The molecule has 104 valence electrons. The first-order valence-electron chi connectivity index (χ1n) is 5.74. The maximum Gasteiger partial charge on any atom is 0.265 e. The first-order chi connectivity index (χ1) is 9.46. The number of carbonyl (C=O) groups excluding carboxylic acids is 2. The van der Waals surface area contributed by atoms with Gasteiger partial charge in [-0.05, 0) is 18.2 Å². The number of hydrogen-bond donors (Lipinski definition) is 3. The second-order valence-electron chi connectivity index (χ2n) is 4.42. The van der Waals surface area contributed by atoms with Crippen molar-refractivity contribution in [1.82, 2.24) is 0 Å². The Kier molecular flexibility index (Phi) is 2.73. The van der Waals surface area contributed by atoms with Gasteiger partial charge in [0.1, 0.15) is 11.0 Å². The minimum absolute atomic E-state index is 0.0394. The molecule has 0 radical (unpaired) electrons. The van der Waals surface area contributed by atoms with Gasteiger partial charge in [-0.1, -0.05) is 11.8 Å². The summed E-state index contributed by atoms with van der Waals surface area (Å²) in [4.78, 5) is 27.5. The van der Waals surface area contributed by atoms with E-state index in [-0.39, 0.29) is 10.7 Å². The zero-order chi connectivity index (χ0) is 14.5. The number of aliphatic imine (C=N–C) groups is 1. The van der Waals surface area contributed by atoms with Crippen LogP contribution in [0.3, 0.4) is 0 Å². The number of ether oxygens (including phenoxy) is 1. The molecule has 0 aliphatic carbocycles. The number of nitrogens with two attached hydrogens (primary N) is 1. The smallest absolute Gasteiger partial charge is 0.265 e. The van der Waals surface area contributed by atoms with E-state index in [2.05, 4.69) is 10.3 Å². The molecular weight excluding hydrogens is 282 g/mol. The molecule has 0 aromatic heterocycles. The highest BCUT2D eigenvalue weighted by Crippen LogP contribution is 2.45. The van der Waals surface area contributed by atoms with Crippen LogP contribution in [0.5, 0.6) is 5.75 Å².